The summed E-state index contributed by atoms with van der Waals surface area (Å²) in [6.07, 6.45) is -30.7. The van der Waals surface area contributed by atoms with Crippen LogP contribution in [-0.2, 0) is 33.4 Å². The van der Waals surface area contributed by atoms with E-state index < -0.39 is 114 Å². The molecule has 0 unspecified atom stereocenters. The number of alkyl halides is 12. The van der Waals surface area contributed by atoms with Gasteiger partial charge in [0, 0.05) is 24.2 Å². The summed E-state index contributed by atoms with van der Waals surface area (Å²) < 4.78 is 170. The van der Waals surface area contributed by atoms with Crippen LogP contribution in [0.1, 0.15) is 78.6 Å². The van der Waals surface area contributed by atoms with Gasteiger partial charge in [-0.1, -0.05) is 20.8 Å². The lowest BCUT2D eigenvalue weighted by atomic mass is 9.43. The molecule has 286 valence electrons. The number of carbonyl (C=O) groups is 4. The first-order chi connectivity index (χ1) is 22.6. The molecule has 4 saturated carbocycles. The quantitative estimate of drug-likeness (QED) is 0.149. The van der Waals surface area contributed by atoms with Gasteiger partial charge in [0.25, 0.3) is 6.10 Å². The number of ether oxygens (including phenoxy) is 3. The second-order valence-corrected chi connectivity index (χ2v) is 14.5. The van der Waals surface area contributed by atoms with Crippen molar-refractivity contribution in [2.24, 2.45) is 46.3 Å². The highest BCUT2D eigenvalue weighted by Crippen LogP contribution is 2.68. The van der Waals surface area contributed by atoms with E-state index in [0.29, 0.717) is 0 Å². The first-order valence-corrected chi connectivity index (χ1v) is 16.0. The summed E-state index contributed by atoms with van der Waals surface area (Å²) in [5.41, 5.74) is -2.14. The highest BCUT2D eigenvalue weighted by atomic mass is 19.4. The van der Waals surface area contributed by atoms with Crippen LogP contribution in [-0.4, -0.2) is 66.7 Å². The van der Waals surface area contributed by atoms with Gasteiger partial charge in [-0.3, -0.25) is 9.59 Å². The predicted octanol–water partition coefficient (Wildman–Crippen LogP) is 7.84. The number of rotatable bonds is 7. The summed E-state index contributed by atoms with van der Waals surface area (Å²) in [6, 6.07) is 0. The van der Waals surface area contributed by atoms with E-state index in [1.807, 2.05) is 0 Å². The lowest BCUT2D eigenvalue weighted by Crippen LogP contribution is -2.62. The molecule has 50 heavy (non-hydrogen) atoms. The van der Waals surface area contributed by atoms with Crippen LogP contribution in [0.3, 0.4) is 0 Å². The van der Waals surface area contributed by atoms with E-state index in [4.69, 9.17) is 4.74 Å². The Kier molecular flexibility index (Phi) is 10.7. The second kappa shape index (κ2) is 13.3. The van der Waals surface area contributed by atoms with Crippen molar-refractivity contribution < 1.29 is 86.1 Å². The average molecular weight is 749 g/mol. The standard InChI is InChI=1S/C31H36F12O7/c1-13(4-7-21(45)50-23(28(32,33)34)29(35,36)37)16-5-6-17-22-18(12-20(44)27(16,17)3)26(2)9-8-15(48-24(46)30(38,39)40)10-14(26)11-19(22)49-25(47)31(41,42)43/h13-19,22-23H,4-12H2,1-3H3/t13-,14+,15-,16-,17+,18+,19-,22+,26+,27-/m1/s1. The molecule has 0 N–H and O–H groups in total. The Morgan fingerprint density at radius 2 is 1.36 bits per heavy atom. The number of Topliss-reactive ketones (excluding diaryl/α,β-unsaturated/α-hetero) is 1. The number of hydrogen-bond donors (Lipinski definition) is 0. The number of halogens is 12. The molecule has 0 bridgehead atoms. The molecule has 7 nitrogen and oxygen atoms in total. The van der Waals surface area contributed by atoms with Crippen LogP contribution in [0.15, 0.2) is 0 Å². The number of ketones is 1. The monoisotopic (exact) mass is 748 g/mol. The molecular formula is C31H36F12O7. The lowest BCUT2D eigenvalue weighted by molar-refractivity contribution is -0.313. The van der Waals surface area contributed by atoms with Gasteiger partial charge in [-0.05, 0) is 80.0 Å². The summed E-state index contributed by atoms with van der Waals surface area (Å²) in [7, 11) is 0. The van der Waals surface area contributed by atoms with Crippen molar-refractivity contribution in [1.29, 1.82) is 0 Å². The summed E-state index contributed by atoms with van der Waals surface area (Å²) in [5, 5.41) is 0. The third-order valence-corrected chi connectivity index (χ3v) is 11.9. The van der Waals surface area contributed by atoms with E-state index in [1.165, 1.54) is 0 Å². The van der Waals surface area contributed by atoms with Crippen LogP contribution in [0.2, 0.25) is 0 Å². The molecule has 0 radical (unpaired) electrons. The van der Waals surface area contributed by atoms with Crippen molar-refractivity contribution in [3.05, 3.63) is 0 Å². The van der Waals surface area contributed by atoms with E-state index in [2.05, 4.69) is 9.47 Å². The Morgan fingerprint density at radius 1 is 0.800 bits per heavy atom. The third kappa shape index (κ3) is 7.70. The molecular weight excluding hydrogens is 712 g/mol. The summed E-state index contributed by atoms with van der Waals surface area (Å²) in [4.78, 5) is 49.8. The topological polar surface area (TPSA) is 96.0 Å². The first-order valence-electron chi connectivity index (χ1n) is 16.0. The Labute approximate surface area is 278 Å². The van der Waals surface area contributed by atoms with Crippen molar-refractivity contribution in [2.45, 2.75) is 122 Å². The Balaban J connectivity index is 1.57. The van der Waals surface area contributed by atoms with Gasteiger partial charge in [0.05, 0.1) is 0 Å². The zero-order valence-electron chi connectivity index (χ0n) is 27.0. The molecule has 0 aromatic carbocycles. The Hall–Kier alpha value is -2.76. The number of hydrogen-bond acceptors (Lipinski definition) is 7. The molecule has 0 saturated heterocycles. The van der Waals surface area contributed by atoms with Gasteiger partial charge in [-0.2, -0.15) is 52.7 Å². The smallest absolute Gasteiger partial charge is 0.456 e. The summed E-state index contributed by atoms with van der Waals surface area (Å²) in [6.45, 7) is 4.86. The highest BCUT2D eigenvalue weighted by molar-refractivity contribution is 5.87. The molecule has 4 fully saturated rings. The minimum absolute atomic E-state index is 0.0273. The molecule has 0 amide bonds. The fraction of sp³-hybridized carbons (Fsp3) is 0.871. The van der Waals surface area contributed by atoms with E-state index in [9.17, 15) is 71.9 Å². The molecule has 0 heterocycles. The Morgan fingerprint density at radius 3 is 1.90 bits per heavy atom. The van der Waals surface area contributed by atoms with E-state index in [-0.39, 0.29) is 57.1 Å². The van der Waals surface area contributed by atoms with Crippen molar-refractivity contribution >= 4 is 23.7 Å². The SMILES string of the molecule is C[C@H](CCC(=O)OC(C(F)(F)F)C(F)(F)F)[C@H]1CC[C@H]2[C@@H]3[C@H](OC(=O)C(F)(F)F)C[C@@H]4C[C@H](OC(=O)C(F)(F)F)CC[C@]4(C)[C@H]3CC(=O)[C@]12C. The minimum Gasteiger partial charge on any atom is -0.456 e. The largest absolute Gasteiger partial charge is 0.490 e. The zero-order valence-corrected chi connectivity index (χ0v) is 27.0. The van der Waals surface area contributed by atoms with Crippen LogP contribution in [0.25, 0.3) is 0 Å². The highest BCUT2D eigenvalue weighted by Gasteiger charge is 2.67. The molecule has 19 heteroatoms. The number of esters is 3. The summed E-state index contributed by atoms with van der Waals surface area (Å²) >= 11 is 0. The molecule has 0 aromatic rings. The predicted molar refractivity (Wildman–Crippen MR) is 143 cm³/mol. The molecule has 0 aliphatic heterocycles. The second-order valence-electron chi connectivity index (χ2n) is 14.5. The molecule has 4 aliphatic carbocycles. The fourth-order valence-corrected chi connectivity index (χ4v) is 9.53. The van der Waals surface area contributed by atoms with Crippen LogP contribution in [0.5, 0.6) is 0 Å². The average Bonchev–Trinajstić information content (AvgIpc) is 3.32. The van der Waals surface area contributed by atoms with E-state index in [0.717, 1.165) is 0 Å². The molecule has 4 rings (SSSR count). The maximum Gasteiger partial charge on any atom is 0.490 e. The van der Waals surface area contributed by atoms with Crippen LogP contribution in [0.4, 0.5) is 52.7 Å². The fourth-order valence-electron chi connectivity index (χ4n) is 9.53. The molecule has 0 spiro atoms. The molecule has 0 aromatic heterocycles. The minimum atomic E-state index is -5.91. The van der Waals surface area contributed by atoms with E-state index in [1.54, 1.807) is 20.8 Å². The van der Waals surface area contributed by atoms with Crippen molar-refractivity contribution in [1.82, 2.24) is 0 Å². The van der Waals surface area contributed by atoms with E-state index >= 15 is 0 Å². The molecule has 10 atom stereocenters. The van der Waals surface area contributed by atoms with Crippen LogP contribution >= 0.6 is 0 Å². The van der Waals surface area contributed by atoms with Gasteiger partial charge < -0.3 is 14.2 Å². The van der Waals surface area contributed by atoms with Gasteiger partial charge in [0.2, 0.25) is 0 Å². The number of carbonyl (C=O) groups excluding carboxylic acids is 4. The zero-order chi connectivity index (χ0) is 38.0. The third-order valence-electron chi connectivity index (χ3n) is 11.9. The van der Waals surface area contributed by atoms with Gasteiger partial charge >= 0.3 is 42.6 Å². The summed E-state index contributed by atoms with van der Waals surface area (Å²) in [5.74, 6) is -11.2. The lowest BCUT2D eigenvalue weighted by Gasteiger charge is -2.62. The van der Waals surface area contributed by atoms with Gasteiger partial charge in [-0.25, -0.2) is 9.59 Å². The normalized spacial score (nSPS) is 35.4. The Bertz CT molecular complexity index is 1310. The maximum atomic E-state index is 14.1. The first kappa shape index (κ1) is 40.0. The molecule has 4 aliphatic rings. The maximum absolute atomic E-state index is 14.1. The van der Waals surface area contributed by atoms with Crippen LogP contribution in [0, 0.1) is 46.3 Å². The van der Waals surface area contributed by atoms with Crippen molar-refractivity contribution in [2.75, 3.05) is 0 Å². The number of fused-ring (bicyclic) bond motifs is 5. The van der Waals surface area contributed by atoms with Crippen LogP contribution < -0.4 is 0 Å². The van der Waals surface area contributed by atoms with Gasteiger partial charge in [0.15, 0.2) is 0 Å². The van der Waals surface area contributed by atoms with Crippen molar-refractivity contribution in [3.63, 3.8) is 0 Å². The van der Waals surface area contributed by atoms with Gasteiger partial charge in [-0.15, -0.1) is 0 Å². The van der Waals surface area contributed by atoms with Gasteiger partial charge in [0.1, 0.15) is 18.0 Å². The van der Waals surface area contributed by atoms with Crippen molar-refractivity contribution in [3.8, 4) is 0 Å².